The minimum atomic E-state index is -0.0275. The highest BCUT2D eigenvalue weighted by Gasteiger charge is 2.07. The lowest BCUT2D eigenvalue weighted by molar-refractivity contribution is -0.139. The molecule has 3 heteroatoms. The van der Waals surface area contributed by atoms with Gasteiger partial charge in [0, 0.05) is 0 Å². The SMILES string of the molecule is CC[C@H](C)c1ccc(OO)c(O)c1. The van der Waals surface area contributed by atoms with Crippen molar-refractivity contribution in [3.05, 3.63) is 23.8 Å². The summed E-state index contributed by atoms with van der Waals surface area (Å²) in [6, 6.07) is 5.00. The molecule has 0 saturated carbocycles. The van der Waals surface area contributed by atoms with Crippen molar-refractivity contribution in [1.82, 2.24) is 0 Å². The van der Waals surface area contributed by atoms with Crippen molar-refractivity contribution in [3.8, 4) is 11.5 Å². The lowest BCUT2D eigenvalue weighted by atomic mass is 9.98. The van der Waals surface area contributed by atoms with Crippen LogP contribution in [-0.2, 0) is 0 Å². The number of rotatable bonds is 3. The number of benzene rings is 1. The van der Waals surface area contributed by atoms with E-state index in [0.29, 0.717) is 5.92 Å². The monoisotopic (exact) mass is 182 g/mol. The second-order valence-electron chi connectivity index (χ2n) is 3.13. The average molecular weight is 182 g/mol. The Balaban J connectivity index is 2.95. The number of aromatic hydroxyl groups is 1. The molecule has 0 heterocycles. The van der Waals surface area contributed by atoms with Crippen molar-refractivity contribution in [2.45, 2.75) is 26.2 Å². The Kier molecular flexibility index (Phi) is 3.14. The van der Waals surface area contributed by atoms with E-state index < -0.39 is 0 Å². The minimum Gasteiger partial charge on any atom is -0.504 e. The summed E-state index contributed by atoms with van der Waals surface area (Å²) < 4.78 is 0. The number of hydrogen-bond donors (Lipinski definition) is 2. The van der Waals surface area contributed by atoms with E-state index >= 15 is 0 Å². The molecular formula is C10H14O3. The maximum Gasteiger partial charge on any atom is 0.206 e. The Bertz CT molecular complexity index is 283. The lowest BCUT2D eigenvalue weighted by Gasteiger charge is -2.09. The molecule has 0 aliphatic rings. The van der Waals surface area contributed by atoms with Gasteiger partial charge in [-0.15, -0.1) is 0 Å². The second kappa shape index (κ2) is 4.14. The van der Waals surface area contributed by atoms with E-state index in [0.717, 1.165) is 12.0 Å². The zero-order valence-corrected chi connectivity index (χ0v) is 7.82. The first-order valence-corrected chi connectivity index (χ1v) is 4.33. The maximum atomic E-state index is 9.35. The number of phenols is 1. The predicted octanol–water partition coefficient (Wildman–Crippen LogP) is 2.76. The fraction of sp³-hybridized carbons (Fsp3) is 0.400. The molecule has 0 unspecified atom stereocenters. The van der Waals surface area contributed by atoms with Crippen LogP contribution < -0.4 is 4.89 Å². The van der Waals surface area contributed by atoms with Gasteiger partial charge >= 0.3 is 0 Å². The molecule has 0 aliphatic heterocycles. The first-order valence-electron chi connectivity index (χ1n) is 4.33. The number of phenolic OH excluding ortho intramolecular Hbond substituents is 1. The zero-order chi connectivity index (χ0) is 9.84. The first-order chi connectivity index (χ1) is 6.19. The fourth-order valence-electron chi connectivity index (χ4n) is 1.15. The molecule has 0 aromatic heterocycles. The largest absolute Gasteiger partial charge is 0.504 e. The predicted molar refractivity (Wildman–Crippen MR) is 50.1 cm³/mol. The summed E-state index contributed by atoms with van der Waals surface area (Å²) in [5.74, 6) is 0.464. The van der Waals surface area contributed by atoms with E-state index in [1.54, 1.807) is 12.1 Å². The van der Waals surface area contributed by atoms with E-state index in [1.807, 2.05) is 6.07 Å². The molecule has 3 nitrogen and oxygen atoms in total. The van der Waals surface area contributed by atoms with Crippen molar-refractivity contribution < 1.29 is 15.3 Å². The molecular weight excluding hydrogens is 168 g/mol. The van der Waals surface area contributed by atoms with Gasteiger partial charge in [0.05, 0.1) is 0 Å². The van der Waals surface area contributed by atoms with Crippen LogP contribution in [0.15, 0.2) is 18.2 Å². The van der Waals surface area contributed by atoms with Crippen LogP contribution in [0.25, 0.3) is 0 Å². The zero-order valence-electron chi connectivity index (χ0n) is 7.82. The lowest BCUT2D eigenvalue weighted by Crippen LogP contribution is -1.92. The third-order valence-electron chi connectivity index (χ3n) is 2.26. The van der Waals surface area contributed by atoms with Gasteiger partial charge < -0.3 is 9.99 Å². The van der Waals surface area contributed by atoms with Crippen LogP contribution in [0.4, 0.5) is 0 Å². The van der Waals surface area contributed by atoms with Gasteiger partial charge in [-0.3, -0.25) is 0 Å². The molecule has 0 aliphatic carbocycles. The second-order valence-corrected chi connectivity index (χ2v) is 3.13. The van der Waals surface area contributed by atoms with E-state index in [2.05, 4.69) is 18.7 Å². The van der Waals surface area contributed by atoms with Crippen LogP contribution in [0.5, 0.6) is 11.5 Å². The molecule has 13 heavy (non-hydrogen) atoms. The van der Waals surface area contributed by atoms with Crippen LogP contribution >= 0.6 is 0 Å². The molecule has 1 rings (SSSR count). The van der Waals surface area contributed by atoms with Gasteiger partial charge in [0.15, 0.2) is 5.75 Å². The Hall–Kier alpha value is -1.22. The minimum absolute atomic E-state index is 0.0275. The van der Waals surface area contributed by atoms with Gasteiger partial charge in [-0.2, -0.15) is 0 Å². The summed E-state index contributed by atoms with van der Waals surface area (Å²) in [6.45, 7) is 4.16. The van der Waals surface area contributed by atoms with Crippen LogP contribution in [-0.4, -0.2) is 10.4 Å². The molecule has 2 N–H and O–H groups in total. The highest BCUT2D eigenvalue weighted by Crippen LogP contribution is 2.30. The summed E-state index contributed by atoms with van der Waals surface area (Å²) in [5.41, 5.74) is 1.04. The maximum absolute atomic E-state index is 9.35. The third-order valence-corrected chi connectivity index (χ3v) is 2.26. The summed E-state index contributed by atoms with van der Waals surface area (Å²) in [7, 11) is 0. The van der Waals surface area contributed by atoms with Gasteiger partial charge in [-0.25, -0.2) is 5.26 Å². The van der Waals surface area contributed by atoms with Crippen molar-refractivity contribution in [3.63, 3.8) is 0 Å². The van der Waals surface area contributed by atoms with Gasteiger partial charge in [-0.05, 0) is 30.0 Å². The van der Waals surface area contributed by atoms with Crippen molar-refractivity contribution in [2.75, 3.05) is 0 Å². The van der Waals surface area contributed by atoms with Crippen LogP contribution in [0, 0.1) is 0 Å². The smallest absolute Gasteiger partial charge is 0.206 e. The topological polar surface area (TPSA) is 49.7 Å². The molecule has 72 valence electrons. The Labute approximate surface area is 77.5 Å². The average Bonchev–Trinajstić information content (AvgIpc) is 2.16. The van der Waals surface area contributed by atoms with Gasteiger partial charge in [0.25, 0.3) is 0 Å². The normalized spacial score (nSPS) is 12.5. The Morgan fingerprint density at radius 1 is 1.46 bits per heavy atom. The third kappa shape index (κ3) is 2.12. The molecule has 1 atom stereocenters. The van der Waals surface area contributed by atoms with E-state index in [9.17, 15) is 5.11 Å². The van der Waals surface area contributed by atoms with Crippen molar-refractivity contribution >= 4 is 0 Å². The summed E-state index contributed by atoms with van der Waals surface area (Å²) >= 11 is 0. The highest BCUT2D eigenvalue weighted by molar-refractivity contribution is 5.42. The Morgan fingerprint density at radius 2 is 2.15 bits per heavy atom. The quantitative estimate of drug-likeness (QED) is 0.558. The van der Waals surface area contributed by atoms with Gasteiger partial charge in [0.1, 0.15) is 0 Å². The van der Waals surface area contributed by atoms with Crippen LogP contribution in [0.2, 0.25) is 0 Å². The molecule has 0 spiro atoms. The molecule has 0 amide bonds. The summed E-state index contributed by atoms with van der Waals surface area (Å²) in [4.78, 5) is 3.96. The van der Waals surface area contributed by atoms with E-state index in [4.69, 9.17) is 5.26 Å². The number of hydrogen-bond acceptors (Lipinski definition) is 3. The summed E-state index contributed by atoms with van der Waals surface area (Å²) in [6.07, 6.45) is 1.01. The molecule has 0 fully saturated rings. The molecule has 1 aromatic rings. The molecule has 0 bridgehead atoms. The molecule has 0 saturated heterocycles. The van der Waals surface area contributed by atoms with E-state index in [1.165, 1.54) is 0 Å². The highest BCUT2D eigenvalue weighted by atomic mass is 17.1. The van der Waals surface area contributed by atoms with Crippen LogP contribution in [0.3, 0.4) is 0 Å². The Morgan fingerprint density at radius 3 is 2.62 bits per heavy atom. The summed E-state index contributed by atoms with van der Waals surface area (Å²) in [5, 5.41) is 17.7. The van der Waals surface area contributed by atoms with Crippen molar-refractivity contribution in [1.29, 1.82) is 0 Å². The standard InChI is InChI=1S/C10H14O3/c1-3-7(2)8-4-5-10(13-12)9(11)6-8/h4-7,11-12H,3H2,1-2H3/t7-/m0/s1. The van der Waals surface area contributed by atoms with Crippen molar-refractivity contribution in [2.24, 2.45) is 0 Å². The van der Waals surface area contributed by atoms with E-state index in [-0.39, 0.29) is 11.5 Å². The molecule has 0 radical (unpaired) electrons. The van der Waals surface area contributed by atoms with Gasteiger partial charge in [0.2, 0.25) is 5.75 Å². The molecule has 1 aromatic carbocycles. The van der Waals surface area contributed by atoms with Gasteiger partial charge in [-0.1, -0.05) is 19.9 Å². The van der Waals surface area contributed by atoms with Crippen LogP contribution in [0.1, 0.15) is 31.7 Å². The fourth-order valence-corrected chi connectivity index (χ4v) is 1.15. The first kappa shape index (κ1) is 9.86.